The summed E-state index contributed by atoms with van der Waals surface area (Å²) in [5.74, 6) is -0.933. The van der Waals surface area contributed by atoms with Gasteiger partial charge in [0.25, 0.3) is 0 Å². The predicted octanol–water partition coefficient (Wildman–Crippen LogP) is 2.81. The highest BCUT2D eigenvalue weighted by Gasteiger charge is 2.20. The van der Waals surface area contributed by atoms with E-state index in [1.807, 2.05) is 6.92 Å². The summed E-state index contributed by atoms with van der Waals surface area (Å²) in [6.07, 6.45) is 1.85. The number of rotatable bonds is 8. The molecule has 4 nitrogen and oxygen atoms in total. The largest absolute Gasteiger partial charge is 0.469 e. The van der Waals surface area contributed by atoms with E-state index in [2.05, 4.69) is 0 Å². The second-order valence-corrected chi connectivity index (χ2v) is 5.39. The number of methoxy groups -OCH3 is 1. The molecule has 0 fully saturated rings. The zero-order valence-electron chi connectivity index (χ0n) is 13.5. The number of halogens is 1. The van der Waals surface area contributed by atoms with Crippen LogP contribution in [-0.2, 0) is 20.7 Å². The van der Waals surface area contributed by atoms with Crippen molar-refractivity contribution >= 4 is 11.9 Å². The van der Waals surface area contributed by atoms with Crippen molar-refractivity contribution in [3.63, 3.8) is 0 Å². The number of ether oxygens (including phenoxy) is 1. The summed E-state index contributed by atoms with van der Waals surface area (Å²) >= 11 is 0. The summed E-state index contributed by atoms with van der Waals surface area (Å²) in [5.41, 5.74) is 0.960. The summed E-state index contributed by atoms with van der Waals surface area (Å²) < 4.78 is 17.6. The van der Waals surface area contributed by atoms with Crippen LogP contribution < -0.4 is 0 Å². The molecule has 0 aromatic heterocycles. The van der Waals surface area contributed by atoms with Crippen LogP contribution in [0.2, 0.25) is 0 Å². The van der Waals surface area contributed by atoms with Gasteiger partial charge >= 0.3 is 5.97 Å². The summed E-state index contributed by atoms with van der Waals surface area (Å²) in [5, 5.41) is 0. The molecular weight excluding hydrogens is 285 g/mol. The quantitative estimate of drug-likeness (QED) is 0.694. The van der Waals surface area contributed by atoms with E-state index in [9.17, 15) is 14.0 Å². The normalized spacial score (nSPS) is 11.8. The zero-order chi connectivity index (χ0) is 16.5. The summed E-state index contributed by atoms with van der Waals surface area (Å²) in [6, 6.07) is 6.23. The van der Waals surface area contributed by atoms with Crippen LogP contribution in [0.25, 0.3) is 0 Å². The number of nitrogens with zero attached hydrogens (tertiary/aromatic N) is 1. The van der Waals surface area contributed by atoms with Gasteiger partial charge < -0.3 is 9.64 Å². The van der Waals surface area contributed by atoms with Gasteiger partial charge in [0.15, 0.2) is 0 Å². The van der Waals surface area contributed by atoms with Gasteiger partial charge in [0.05, 0.1) is 13.0 Å². The smallest absolute Gasteiger partial charge is 0.310 e. The molecule has 22 heavy (non-hydrogen) atoms. The van der Waals surface area contributed by atoms with E-state index >= 15 is 0 Å². The molecule has 1 atom stereocenters. The molecule has 1 aromatic carbocycles. The summed E-state index contributed by atoms with van der Waals surface area (Å²) in [7, 11) is 1.34. The van der Waals surface area contributed by atoms with Crippen LogP contribution >= 0.6 is 0 Å². The maximum absolute atomic E-state index is 12.9. The Morgan fingerprint density at radius 3 is 2.45 bits per heavy atom. The van der Waals surface area contributed by atoms with E-state index in [0.717, 1.165) is 12.0 Å². The first kappa shape index (κ1) is 18.1. The lowest BCUT2D eigenvalue weighted by molar-refractivity contribution is -0.146. The van der Waals surface area contributed by atoms with Gasteiger partial charge in [-0.2, -0.15) is 0 Å². The van der Waals surface area contributed by atoms with Gasteiger partial charge in [0, 0.05) is 19.5 Å². The number of amides is 1. The van der Waals surface area contributed by atoms with Crippen molar-refractivity contribution in [2.45, 2.75) is 33.1 Å². The van der Waals surface area contributed by atoms with Crippen molar-refractivity contribution in [1.29, 1.82) is 0 Å². The highest BCUT2D eigenvalue weighted by molar-refractivity contribution is 5.77. The number of carbonyl (C=O) groups is 2. The topological polar surface area (TPSA) is 46.6 Å². The molecular formula is C17H24FNO3. The van der Waals surface area contributed by atoms with Gasteiger partial charge in [0.2, 0.25) is 5.91 Å². The fourth-order valence-corrected chi connectivity index (χ4v) is 2.21. The lowest BCUT2D eigenvalue weighted by atomic mass is 10.1. The number of hydrogen-bond donors (Lipinski definition) is 0. The molecule has 0 spiro atoms. The van der Waals surface area contributed by atoms with Crippen molar-refractivity contribution in [2.24, 2.45) is 5.92 Å². The molecule has 0 aliphatic carbocycles. The van der Waals surface area contributed by atoms with E-state index in [-0.39, 0.29) is 23.6 Å². The highest BCUT2D eigenvalue weighted by Crippen LogP contribution is 2.09. The Kier molecular flexibility index (Phi) is 7.57. The molecule has 5 heteroatoms. The van der Waals surface area contributed by atoms with Crippen molar-refractivity contribution in [3.05, 3.63) is 35.6 Å². The molecule has 0 aliphatic rings. The van der Waals surface area contributed by atoms with Crippen LogP contribution in [0.3, 0.4) is 0 Å². The predicted molar refractivity (Wildman–Crippen MR) is 82.8 cm³/mol. The van der Waals surface area contributed by atoms with Crippen LogP contribution in [0.4, 0.5) is 4.39 Å². The minimum atomic E-state index is -0.362. The van der Waals surface area contributed by atoms with Crippen LogP contribution in [0.15, 0.2) is 24.3 Å². The van der Waals surface area contributed by atoms with Gasteiger partial charge in [-0.25, -0.2) is 4.39 Å². The SMILES string of the molecule is CCCC(=O)N(CCc1ccc(F)cc1)CC(C)C(=O)OC. The van der Waals surface area contributed by atoms with Gasteiger partial charge in [0.1, 0.15) is 5.82 Å². The third-order valence-corrected chi connectivity index (χ3v) is 3.50. The molecule has 122 valence electrons. The van der Waals surface area contributed by atoms with Gasteiger partial charge in [-0.15, -0.1) is 0 Å². The number of esters is 1. The average molecular weight is 309 g/mol. The zero-order valence-corrected chi connectivity index (χ0v) is 13.5. The molecule has 0 bridgehead atoms. The lowest BCUT2D eigenvalue weighted by Crippen LogP contribution is -2.38. The standard InChI is InChI=1S/C17H24FNO3/c1-4-5-16(20)19(12-13(2)17(21)22-3)11-10-14-6-8-15(18)9-7-14/h6-9,13H,4-5,10-12H2,1-3H3. The van der Waals surface area contributed by atoms with Crippen LogP contribution in [0.1, 0.15) is 32.3 Å². The first-order chi connectivity index (χ1) is 10.5. The minimum absolute atomic E-state index is 0.0281. The van der Waals surface area contributed by atoms with Gasteiger partial charge in [-0.3, -0.25) is 9.59 Å². The Balaban J connectivity index is 2.66. The third kappa shape index (κ3) is 5.84. The number of hydrogen-bond acceptors (Lipinski definition) is 3. The van der Waals surface area contributed by atoms with E-state index in [1.165, 1.54) is 19.2 Å². The molecule has 1 amide bonds. The maximum atomic E-state index is 12.9. The Morgan fingerprint density at radius 2 is 1.91 bits per heavy atom. The van der Waals surface area contributed by atoms with Crippen molar-refractivity contribution in [1.82, 2.24) is 4.90 Å². The summed E-state index contributed by atoms with van der Waals surface area (Å²) in [6.45, 7) is 4.54. The van der Waals surface area contributed by atoms with Crippen molar-refractivity contribution in [2.75, 3.05) is 20.2 Å². The fourth-order valence-electron chi connectivity index (χ4n) is 2.21. The Labute approximate surface area is 131 Å². The van der Waals surface area contributed by atoms with Crippen LogP contribution in [-0.4, -0.2) is 37.0 Å². The molecule has 0 radical (unpaired) electrons. The third-order valence-electron chi connectivity index (χ3n) is 3.50. The Bertz CT molecular complexity index is 487. The minimum Gasteiger partial charge on any atom is -0.469 e. The number of benzene rings is 1. The highest BCUT2D eigenvalue weighted by atomic mass is 19.1. The van der Waals surface area contributed by atoms with E-state index < -0.39 is 0 Å². The van der Waals surface area contributed by atoms with Gasteiger partial charge in [-0.1, -0.05) is 26.0 Å². The first-order valence-corrected chi connectivity index (χ1v) is 7.58. The second kappa shape index (κ2) is 9.18. The average Bonchev–Trinajstić information content (AvgIpc) is 2.52. The van der Waals surface area contributed by atoms with Crippen LogP contribution in [0, 0.1) is 11.7 Å². The summed E-state index contributed by atoms with van der Waals surface area (Å²) in [4.78, 5) is 25.4. The van der Waals surface area contributed by atoms with E-state index in [1.54, 1.807) is 24.0 Å². The molecule has 1 rings (SSSR count). The van der Waals surface area contributed by atoms with E-state index in [4.69, 9.17) is 4.74 Å². The first-order valence-electron chi connectivity index (χ1n) is 7.58. The van der Waals surface area contributed by atoms with Crippen molar-refractivity contribution < 1.29 is 18.7 Å². The molecule has 0 saturated carbocycles. The fraction of sp³-hybridized carbons (Fsp3) is 0.529. The number of carbonyl (C=O) groups excluding carboxylic acids is 2. The second-order valence-electron chi connectivity index (χ2n) is 5.39. The molecule has 0 N–H and O–H groups in total. The molecule has 1 aromatic rings. The molecule has 0 heterocycles. The molecule has 0 saturated heterocycles. The molecule has 1 unspecified atom stereocenters. The monoisotopic (exact) mass is 309 g/mol. The van der Waals surface area contributed by atoms with Crippen LogP contribution in [0.5, 0.6) is 0 Å². The Hall–Kier alpha value is -1.91. The maximum Gasteiger partial charge on any atom is 0.310 e. The molecule has 0 aliphatic heterocycles. The van der Waals surface area contributed by atoms with E-state index in [0.29, 0.717) is 25.9 Å². The lowest BCUT2D eigenvalue weighted by Gasteiger charge is -2.25. The van der Waals surface area contributed by atoms with Gasteiger partial charge in [-0.05, 0) is 30.5 Å². The van der Waals surface area contributed by atoms with Crippen molar-refractivity contribution in [3.8, 4) is 0 Å². The Morgan fingerprint density at radius 1 is 1.27 bits per heavy atom.